The van der Waals surface area contributed by atoms with Crippen LogP contribution in [0.1, 0.15) is 52.4 Å². The van der Waals surface area contributed by atoms with Gasteiger partial charge in [0, 0.05) is 38.4 Å². The van der Waals surface area contributed by atoms with Crippen LogP contribution in [0, 0.1) is 0 Å². The number of hydrogen-bond acceptors (Lipinski definition) is 9. The Balaban J connectivity index is 0.00000560. The van der Waals surface area contributed by atoms with E-state index in [4.69, 9.17) is 61.8 Å². The first-order chi connectivity index (χ1) is 18.8. The second kappa shape index (κ2) is 20.3. The molecule has 0 aromatic rings. The maximum atomic E-state index is 7.92. The van der Waals surface area contributed by atoms with Crippen molar-refractivity contribution in [2.45, 2.75) is 101 Å². The minimum absolute atomic E-state index is 0. The standard InChI is InChI=1S/C22H48N4O9Si4.3Cu/c1-5-19-21-22-20(6-2)30-37(28-4,16-8-12-24)34-39(32-22,18-10-14-26)35-38(31-21,17-9-13-25)33-36(27-3,29-19)15-7-11-23;;;/h19-26H,5-18H2,1-4H3;;;/q-4;2*+1;+2/t19-,20?,21-,22+,36?,37?,38?,39?;;;/m0.../s1. The number of fused-ring (bicyclic) bond motifs is 5. The first-order valence-electron chi connectivity index (χ1n) is 14.3. The Morgan fingerprint density at radius 3 is 1.17 bits per heavy atom. The molecule has 0 amide bonds. The topological polar surface area (TPSA) is 178 Å². The zero-order chi connectivity index (χ0) is 28.6. The molecule has 0 spiro atoms. The van der Waals surface area contributed by atoms with Crippen molar-refractivity contribution in [2.75, 3.05) is 40.4 Å². The molecule has 0 aromatic heterocycles. The second-order valence-corrected chi connectivity index (χ2v) is 21.8. The van der Waals surface area contributed by atoms with E-state index >= 15 is 0 Å². The molecule has 3 rings (SSSR count). The van der Waals surface area contributed by atoms with Gasteiger partial charge in [-0.2, -0.15) is 26.2 Å². The third-order valence-electron chi connectivity index (χ3n) is 7.35. The average Bonchev–Trinajstić information content (AvgIpc) is 3.25. The maximum absolute atomic E-state index is 7.92. The SMILES string of the molecule is CCC1O[Si](CCC[NH-])(OC)O[Si]2(CCC[NH-])O[C@H]1[C@H]1O[Si](CCC[NH-])(O[Si](CCC[NH-])(OC)O[C@H]1CC)O2.[Cu+2].[Cu+].[Cu+]. The van der Waals surface area contributed by atoms with Crippen LogP contribution in [-0.2, 0) is 90.1 Å². The van der Waals surface area contributed by atoms with Gasteiger partial charge in [-0.3, -0.25) is 0 Å². The Labute approximate surface area is 288 Å². The number of hydrogen-bond donors (Lipinski definition) is 0. The Morgan fingerprint density at radius 1 is 0.548 bits per heavy atom. The van der Waals surface area contributed by atoms with Gasteiger partial charge in [-0.25, -0.2) is 0 Å². The molecule has 4 N–H and O–H groups in total. The van der Waals surface area contributed by atoms with Gasteiger partial charge in [0.15, 0.2) is 0 Å². The second-order valence-electron chi connectivity index (χ2n) is 10.2. The molecular formula is C22H48Cu3N4O9Si4. The first-order valence-corrected chi connectivity index (χ1v) is 22.0. The van der Waals surface area contributed by atoms with Crippen molar-refractivity contribution in [3.8, 4) is 0 Å². The van der Waals surface area contributed by atoms with E-state index in [-0.39, 0.29) is 77.4 Å². The van der Waals surface area contributed by atoms with Crippen molar-refractivity contribution in [1.29, 1.82) is 0 Å². The van der Waals surface area contributed by atoms with Gasteiger partial charge in [0.1, 0.15) is 12.2 Å². The summed E-state index contributed by atoms with van der Waals surface area (Å²) in [6, 6.07) is 1.68. The summed E-state index contributed by atoms with van der Waals surface area (Å²) < 4.78 is 60.2. The summed E-state index contributed by atoms with van der Waals surface area (Å²) in [7, 11) is -10.8. The van der Waals surface area contributed by atoms with E-state index in [2.05, 4.69) is 0 Å². The Kier molecular flexibility index (Phi) is 21.2. The molecule has 20 heteroatoms. The van der Waals surface area contributed by atoms with Crippen LogP contribution in [0.15, 0.2) is 0 Å². The fourth-order valence-corrected chi connectivity index (χ4v) is 22.9. The van der Waals surface area contributed by atoms with Gasteiger partial charge in [0.25, 0.3) is 0 Å². The summed E-state index contributed by atoms with van der Waals surface area (Å²) in [5, 5.41) is 0. The predicted molar refractivity (Wildman–Crippen MR) is 155 cm³/mol. The summed E-state index contributed by atoms with van der Waals surface area (Å²) in [5.74, 6) is 0. The van der Waals surface area contributed by atoms with Crippen LogP contribution in [0.4, 0.5) is 0 Å². The molecule has 3 saturated heterocycles. The molecule has 3 aliphatic heterocycles. The quantitative estimate of drug-likeness (QED) is 0.188. The van der Waals surface area contributed by atoms with Gasteiger partial charge in [-0.15, -0.1) is 0 Å². The van der Waals surface area contributed by atoms with Gasteiger partial charge < -0.3 is 61.8 Å². The van der Waals surface area contributed by atoms with E-state index in [1.54, 1.807) is 14.2 Å². The summed E-state index contributed by atoms with van der Waals surface area (Å²) in [6.07, 6.45) is 1.31. The molecule has 259 valence electrons. The fraction of sp³-hybridized carbons (Fsp3) is 1.00. The minimum atomic E-state index is -3.64. The zero-order valence-corrected chi connectivity index (χ0v) is 31.6. The van der Waals surface area contributed by atoms with Crippen LogP contribution in [0.5, 0.6) is 0 Å². The first kappa shape index (κ1) is 43.9. The molecule has 0 aliphatic carbocycles. The smallest absolute Gasteiger partial charge is 0.677 e. The van der Waals surface area contributed by atoms with Crippen LogP contribution >= 0.6 is 0 Å². The van der Waals surface area contributed by atoms with E-state index in [0.717, 1.165) is 0 Å². The Hall–Kier alpha value is 1.91. The predicted octanol–water partition coefficient (Wildman–Crippen LogP) is 5.25. The molecule has 8 atom stereocenters. The molecule has 13 nitrogen and oxygen atoms in total. The average molecular weight is 816 g/mol. The fourth-order valence-electron chi connectivity index (χ4n) is 5.39. The van der Waals surface area contributed by atoms with E-state index in [0.29, 0.717) is 62.7 Å². The van der Waals surface area contributed by atoms with Gasteiger partial charge in [0.05, 0.1) is 12.2 Å². The monoisotopic (exact) mass is 813 g/mol. The van der Waals surface area contributed by atoms with Crippen molar-refractivity contribution in [3.05, 3.63) is 22.9 Å². The van der Waals surface area contributed by atoms with Crippen molar-refractivity contribution in [2.24, 2.45) is 0 Å². The summed E-state index contributed by atoms with van der Waals surface area (Å²) in [6.45, 7) is 4.84. The van der Waals surface area contributed by atoms with Crippen LogP contribution in [0.3, 0.4) is 0 Å². The van der Waals surface area contributed by atoms with Gasteiger partial charge in [0.2, 0.25) is 0 Å². The van der Waals surface area contributed by atoms with Crippen LogP contribution in [-0.4, -0.2) is 100 Å². The number of nitrogens with one attached hydrogen (secondary N) is 4. The normalized spacial score (nSPS) is 37.7. The van der Waals surface area contributed by atoms with Crippen LogP contribution in [0.2, 0.25) is 24.2 Å². The molecule has 3 fully saturated rings. The summed E-state index contributed by atoms with van der Waals surface area (Å²) in [5.41, 5.74) is 31.4. The number of rotatable bonds is 16. The molecule has 0 aromatic carbocycles. The van der Waals surface area contributed by atoms with Gasteiger partial charge >= 0.3 is 86.4 Å². The summed E-state index contributed by atoms with van der Waals surface area (Å²) >= 11 is 0. The van der Waals surface area contributed by atoms with Crippen molar-refractivity contribution in [1.82, 2.24) is 0 Å². The summed E-state index contributed by atoms with van der Waals surface area (Å²) in [4.78, 5) is 0. The van der Waals surface area contributed by atoms with Crippen molar-refractivity contribution in [3.63, 3.8) is 0 Å². The van der Waals surface area contributed by atoms with E-state index in [9.17, 15) is 0 Å². The molecular weight excluding hydrogens is 767 g/mol. The molecule has 4 bridgehead atoms. The minimum Gasteiger partial charge on any atom is -0.677 e. The van der Waals surface area contributed by atoms with Crippen LogP contribution in [0.25, 0.3) is 22.9 Å². The van der Waals surface area contributed by atoms with E-state index in [1.807, 2.05) is 13.8 Å². The van der Waals surface area contributed by atoms with Crippen molar-refractivity contribution >= 4 is 35.2 Å². The van der Waals surface area contributed by atoms with E-state index in [1.165, 1.54) is 0 Å². The van der Waals surface area contributed by atoms with E-state index < -0.39 is 59.6 Å². The third kappa shape index (κ3) is 10.5. The Bertz CT molecular complexity index is 715. The molecule has 1 radical (unpaired) electrons. The molecule has 0 saturated carbocycles. The van der Waals surface area contributed by atoms with Crippen LogP contribution < -0.4 is 0 Å². The largest absolute Gasteiger partial charge is 2.00 e. The van der Waals surface area contributed by atoms with Crippen molar-refractivity contribution < 1.29 is 90.1 Å². The molecule has 3 heterocycles. The maximum Gasteiger partial charge on any atom is 2.00 e. The molecule has 3 aliphatic rings. The Morgan fingerprint density at radius 2 is 0.881 bits per heavy atom. The molecule has 42 heavy (non-hydrogen) atoms. The zero-order valence-electron chi connectivity index (χ0n) is 24.8. The van der Waals surface area contributed by atoms with Gasteiger partial charge in [-0.05, 0) is 12.8 Å². The molecule has 5 unspecified atom stereocenters. The van der Waals surface area contributed by atoms with Gasteiger partial charge in [-0.1, -0.05) is 39.5 Å². The third-order valence-corrected chi connectivity index (χ3v) is 22.5.